The Hall–Kier alpha value is -0.710. The van der Waals surface area contributed by atoms with E-state index < -0.39 is 11.7 Å². The topological polar surface area (TPSA) is 32.3 Å². The second kappa shape index (κ2) is 4.00. The first-order chi connectivity index (χ1) is 6.06. The fourth-order valence-corrected chi connectivity index (χ4v) is 1.89. The van der Waals surface area contributed by atoms with Crippen LogP contribution in [0.5, 0.6) is 0 Å². The number of carbonyl (C=O) groups is 1. The van der Waals surface area contributed by atoms with E-state index in [-0.39, 0.29) is 11.5 Å². The maximum Gasteiger partial charge on any atom is 0.283 e. The molecule has 5 heteroatoms. The van der Waals surface area contributed by atoms with E-state index in [0.717, 1.165) is 0 Å². The van der Waals surface area contributed by atoms with Crippen LogP contribution in [0.25, 0.3) is 0 Å². The summed E-state index contributed by atoms with van der Waals surface area (Å²) in [6.07, 6.45) is 3.14. The molecule has 0 aliphatic carbocycles. The van der Waals surface area contributed by atoms with Gasteiger partial charge in [-0.25, -0.2) is 0 Å². The summed E-state index contributed by atoms with van der Waals surface area (Å²) in [6.45, 7) is 3.90. The number of hydrogen-bond donors (Lipinski definition) is 1. The molecule has 1 amide bonds. The number of halogens is 1. The smallest absolute Gasteiger partial charge is 0.283 e. The summed E-state index contributed by atoms with van der Waals surface area (Å²) in [6, 6.07) is 0.170. The third-order valence-corrected chi connectivity index (χ3v) is 2.63. The Morgan fingerprint density at radius 2 is 2.31 bits per heavy atom. The van der Waals surface area contributed by atoms with Gasteiger partial charge in [0.1, 0.15) is 5.50 Å². The van der Waals surface area contributed by atoms with Crippen molar-refractivity contribution in [2.75, 3.05) is 6.26 Å². The summed E-state index contributed by atoms with van der Waals surface area (Å²) < 4.78 is 12.9. The predicted molar refractivity (Wildman–Crippen MR) is 51.6 cm³/mol. The van der Waals surface area contributed by atoms with Gasteiger partial charge in [-0.1, -0.05) is 0 Å². The van der Waals surface area contributed by atoms with Gasteiger partial charge in [-0.15, -0.1) is 11.8 Å². The van der Waals surface area contributed by atoms with Crippen molar-refractivity contribution in [3.63, 3.8) is 0 Å². The molecular weight excluding hydrogens is 191 g/mol. The standard InChI is InChI=1S/C8H13FN2OS/c1-5(2)11-4-6(9)7(12)10-8(11)13-3/h4-5,8H,1-3H3,(H,10,12). The zero-order valence-corrected chi connectivity index (χ0v) is 8.69. The third-order valence-electron chi connectivity index (χ3n) is 1.82. The van der Waals surface area contributed by atoms with Crippen molar-refractivity contribution >= 4 is 17.7 Å². The molecule has 0 saturated carbocycles. The number of hydrogen-bond acceptors (Lipinski definition) is 3. The lowest BCUT2D eigenvalue weighted by Gasteiger charge is -2.35. The van der Waals surface area contributed by atoms with Crippen LogP contribution in [-0.2, 0) is 4.79 Å². The number of carbonyl (C=O) groups excluding carboxylic acids is 1. The molecule has 74 valence electrons. The van der Waals surface area contributed by atoms with Gasteiger partial charge in [0.25, 0.3) is 5.91 Å². The number of rotatable bonds is 2. The third kappa shape index (κ3) is 2.15. The van der Waals surface area contributed by atoms with Crippen LogP contribution in [0.2, 0.25) is 0 Å². The quantitative estimate of drug-likeness (QED) is 0.735. The van der Waals surface area contributed by atoms with Crippen molar-refractivity contribution in [1.82, 2.24) is 10.2 Å². The SMILES string of the molecule is CSC1NC(=O)C(F)=CN1C(C)C. The zero-order chi connectivity index (χ0) is 10.0. The Morgan fingerprint density at radius 3 is 2.77 bits per heavy atom. The summed E-state index contributed by atoms with van der Waals surface area (Å²) >= 11 is 1.47. The lowest BCUT2D eigenvalue weighted by Crippen LogP contribution is -2.50. The van der Waals surface area contributed by atoms with Crippen LogP contribution < -0.4 is 5.32 Å². The Bertz CT molecular complexity index is 242. The highest BCUT2D eigenvalue weighted by Crippen LogP contribution is 2.20. The largest absolute Gasteiger partial charge is 0.344 e. The Labute approximate surface area is 81.4 Å². The van der Waals surface area contributed by atoms with Crippen LogP contribution >= 0.6 is 11.8 Å². The maximum atomic E-state index is 12.9. The molecule has 1 atom stereocenters. The van der Waals surface area contributed by atoms with Gasteiger partial charge in [0.05, 0.1) is 0 Å². The molecule has 0 radical (unpaired) electrons. The van der Waals surface area contributed by atoms with Gasteiger partial charge < -0.3 is 10.2 Å². The number of thioether (sulfide) groups is 1. The van der Waals surface area contributed by atoms with Crippen LogP contribution in [0.1, 0.15) is 13.8 Å². The van der Waals surface area contributed by atoms with Crippen LogP contribution in [0.3, 0.4) is 0 Å². The first-order valence-electron chi connectivity index (χ1n) is 4.04. The van der Waals surface area contributed by atoms with Crippen molar-refractivity contribution in [3.05, 3.63) is 12.0 Å². The Balaban J connectivity index is 2.85. The first kappa shape index (κ1) is 10.4. The van der Waals surface area contributed by atoms with Gasteiger partial charge in [-0.3, -0.25) is 4.79 Å². The van der Waals surface area contributed by atoms with E-state index >= 15 is 0 Å². The van der Waals surface area contributed by atoms with E-state index in [1.807, 2.05) is 20.1 Å². The van der Waals surface area contributed by atoms with Crippen LogP contribution in [0.15, 0.2) is 12.0 Å². The van der Waals surface area contributed by atoms with E-state index in [1.54, 1.807) is 4.90 Å². The van der Waals surface area contributed by atoms with Gasteiger partial charge in [0.15, 0.2) is 0 Å². The molecule has 1 aliphatic rings. The highest BCUT2D eigenvalue weighted by molar-refractivity contribution is 7.99. The van der Waals surface area contributed by atoms with Crippen LogP contribution in [0, 0.1) is 0 Å². The molecule has 0 bridgehead atoms. The van der Waals surface area contributed by atoms with Crippen molar-refractivity contribution in [2.45, 2.75) is 25.4 Å². The molecule has 1 unspecified atom stereocenters. The molecule has 0 aromatic rings. The van der Waals surface area contributed by atoms with Crippen molar-refractivity contribution in [3.8, 4) is 0 Å². The average Bonchev–Trinajstić information content (AvgIpc) is 2.08. The molecule has 1 aliphatic heterocycles. The van der Waals surface area contributed by atoms with Gasteiger partial charge in [0, 0.05) is 12.2 Å². The molecule has 3 nitrogen and oxygen atoms in total. The molecule has 1 heterocycles. The fraction of sp³-hybridized carbons (Fsp3) is 0.625. The Kier molecular flexibility index (Phi) is 3.19. The second-order valence-electron chi connectivity index (χ2n) is 3.08. The highest BCUT2D eigenvalue weighted by atomic mass is 32.2. The fourth-order valence-electron chi connectivity index (χ4n) is 1.11. The predicted octanol–water partition coefficient (Wildman–Crippen LogP) is 1.28. The van der Waals surface area contributed by atoms with E-state index in [0.29, 0.717) is 0 Å². The van der Waals surface area contributed by atoms with Gasteiger partial charge >= 0.3 is 0 Å². The van der Waals surface area contributed by atoms with Crippen molar-refractivity contribution in [1.29, 1.82) is 0 Å². The minimum absolute atomic E-state index is 0.160. The second-order valence-corrected chi connectivity index (χ2v) is 4.00. The summed E-state index contributed by atoms with van der Waals surface area (Å²) in [5, 5.41) is 2.55. The van der Waals surface area contributed by atoms with Gasteiger partial charge in [-0.2, -0.15) is 4.39 Å². The van der Waals surface area contributed by atoms with E-state index in [4.69, 9.17) is 0 Å². The monoisotopic (exact) mass is 204 g/mol. The average molecular weight is 204 g/mol. The number of nitrogens with zero attached hydrogens (tertiary/aromatic N) is 1. The van der Waals surface area contributed by atoms with E-state index in [1.165, 1.54) is 18.0 Å². The molecule has 0 aromatic carbocycles. The molecule has 0 spiro atoms. The first-order valence-corrected chi connectivity index (χ1v) is 5.33. The van der Waals surface area contributed by atoms with Crippen LogP contribution in [-0.4, -0.2) is 28.6 Å². The molecule has 1 rings (SSSR count). The van der Waals surface area contributed by atoms with Crippen molar-refractivity contribution in [2.24, 2.45) is 0 Å². The van der Waals surface area contributed by atoms with Gasteiger partial charge in [0.2, 0.25) is 5.83 Å². The minimum atomic E-state index is -0.723. The summed E-state index contributed by atoms with van der Waals surface area (Å²) in [4.78, 5) is 12.7. The molecule has 1 N–H and O–H groups in total. The summed E-state index contributed by atoms with van der Waals surface area (Å²) in [7, 11) is 0. The van der Waals surface area contributed by atoms with E-state index in [2.05, 4.69) is 5.32 Å². The van der Waals surface area contributed by atoms with E-state index in [9.17, 15) is 9.18 Å². The molecular formula is C8H13FN2OS. The van der Waals surface area contributed by atoms with Crippen molar-refractivity contribution < 1.29 is 9.18 Å². The normalized spacial score (nSPS) is 23.2. The maximum absolute atomic E-state index is 12.9. The lowest BCUT2D eigenvalue weighted by molar-refractivity contribution is -0.120. The molecule has 0 aromatic heterocycles. The Morgan fingerprint density at radius 1 is 1.69 bits per heavy atom. The number of nitrogens with one attached hydrogen (secondary N) is 1. The lowest BCUT2D eigenvalue weighted by atomic mass is 10.3. The molecule has 13 heavy (non-hydrogen) atoms. The highest BCUT2D eigenvalue weighted by Gasteiger charge is 2.27. The molecule has 0 saturated heterocycles. The zero-order valence-electron chi connectivity index (χ0n) is 7.87. The minimum Gasteiger partial charge on any atom is -0.344 e. The van der Waals surface area contributed by atoms with Crippen LogP contribution in [0.4, 0.5) is 4.39 Å². The summed E-state index contributed by atoms with van der Waals surface area (Å²) in [5.41, 5.74) is -0.160. The summed E-state index contributed by atoms with van der Waals surface area (Å²) in [5.74, 6) is -1.35. The molecule has 0 fully saturated rings. The number of amides is 1. The van der Waals surface area contributed by atoms with Gasteiger partial charge in [-0.05, 0) is 20.1 Å².